The molecule has 0 aromatic rings. The number of nitrogens with zero attached hydrogens (tertiary/aromatic N) is 2. The van der Waals surface area contributed by atoms with Gasteiger partial charge in [-0.3, -0.25) is 14.5 Å². The Bertz CT molecular complexity index is 340. The molecular formula is C14H25N3O2. The van der Waals surface area contributed by atoms with Crippen molar-refractivity contribution in [2.75, 3.05) is 32.7 Å². The molecule has 1 aliphatic heterocycles. The van der Waals surface area contributed by atoms with Gasteiger partial charge in [0.1, 0.15) is 0 Å². The molecule has 0 spiro atoms. The summed E-state index contributed by atoms with van der Waals surface area (Å²) in [6.45, 7) is 7.62. The highest BCUT2D eigenvalue weighted by atomic mass is 16.2. The lowest BCUT2D eigenvalue weighted by Gasteiger charge is -2.23. The highest BCUT2D eigenvalue weighted by molar-refractivity contribution is 5.79. The van der Waals surface area contributed by atoms with Crippen LogP contribution in [0.1, 0.15) is 33.1 Å². The second-order valence-electron chi connectivity index (χ2n) is 5.95. The number of rotatable bonds is 4. The van der Waals surface area contributed by atoms with Crippen LogP contribution in [-0.2, 0) is 9.59 Å². The van der Waals surface area contributed by atoms with E-state index in [0.717, 1.165) is 45.4 Å². The van der Waals surface area contributed by atoms with Crippen LogP contribution in [0.25, 0.3) is 0 Å². The summed E-state index contributed by atoms with van der Waals surface area (Å²) in [6.07, 6.45) is 3.21. The first-order valence-corrected chi connectivity index (χ1v) is 7.37. The molecule has 0 bridgehead atoms. The molecule has 5 nitrogen and oxygen atoms in total. The molecule has 0 unspecified atom stereocenters. The zero-order valence-corrected chi connectivity index (χ0v) is 12.0. The highest BCUT2D eigenvalue weighted by Crippen LogP contribution is 2.18. The maximum absolute atomic E-state index is 12.0. The van der Waals surface area contributed by atoms with Gasteiger partial charge in [0.05, 0.1) is 6.54 Å². The first-order valence-electron chi connectivity index (χ1n) is 7.37. The first kappa shape index (κ1) is 14.3. The monoisotopic (exact) mass is 267 g/mol. The third-order valence-electron chi connectivity index (χ3n) is 3.70. The molecular weight excluding hydrogens is 242 g/mol. The van der Waals surface area contributed by atoms with E-state index in [1.807, 2.05) is 18.7 Å². The smallest absolute Gasteiger partial charge is 0.234 e. The van der Waals surface area contributed by atoms with Gasteiger partial charge in [-0.25, -0.2) is 0 Å². The average molecular weight is 267 g/mol. The third-order valence-corrected chi connectivity index (χ3v) is 3.70. The van der Waals surface area contributed by atoms with Crippen molar-refractivity contribution in [2.24, 2.45) is 5.92 Å². The van der Waals surface area contributed by atoms with E-state index in [1.54, 1.807) is 0 Å². The van der Waals surface area contributed by atoms with E-state index in [2.05, 4.69) is 10.2 Å². The Balaban J connectivity index is 1.75. The Morgan fingerprint density at radius 2 is 1.89 bits per heavy atom. The van der Waals surface area contributed by atoms with Crippen LogP contribution in [0.5, 0.6) is 0 Å². The van der Waals surface area contributed by atoms with Crippen LogP contribution < -0.4 is 5.32 Å². The summed E-state index contributed by atoms with van der Waals surface area (Å²) in [6, 6.07) is 0.429. The van der Waals surface area contributed by atoms with Crippen molar-refractivity contribution in [3.63, 3.8) is 0 Å². The highest BCUT2D eigenvalue weighted by Gasteiger charge is 2.25. The van der Waals surface area contributed by atoms with Gasteiger partial charge in [-0.15, -0.1) is 0 Å². The number of hydrogen-bond donors (Lipinski definition) is 1. The maximum atomic E-state index is 12.0. The molecule has 1 saturated carbocycles. The van der Waals surface area contributed by atoms with E-state index in [9.17, 15) is 9.59 Å². The fraction of sp³-hybridized carbons (Fsp3) is 0.857. The van der Waals surface area contributed by atoms with Crippen LogP contribution in [0.3, 0.4) is 0 Å². The lowest BCUT2D eigenvalue weighted by molar-refractivity contribution is -0.134. The van der Waals surface area contributed by atoms with Gasteiger partial charge in [0.2, 0.25) is 11.8 Å². The summed E-state index contributed by atoms with van der Waals surface area (Å²) >= 11 is 0. The van der Waals surface area contributed by atoms with Gasteiger partial charge < -0.3 is 10.2 Å². The Morgan fingerprint density at radius 3 is 2.53 bits per heavy atom. The van der Waals surface area contributed by atoms with E-state index in [-0.39, 0.29) is 17.7 Å². The topological polar surface area (TPSA) is 52.7 Å². The molecule has 1 N–H and O–H groups in total. The molecule has 1 aliphatic carbocycles. The minimum atomic E-state index is 0.0599. The summed E-state index contributed by atoms with van der Waals surface area (Å²) in [5.74, 6) is 0.417. The molecule has 1 heterocycles. The molecule has 5 heteroatoms. The van der Waals surface area contributed by atoms with Crippen LogP contribution in [0.15, 0.2) is 0 Å². The van der Waals surface area contributed by atoms with Crippen LogP contribution in [0, 0.1) is 5.92 Å². The predicted molar refractivity (Wildman–Crippen MR) is 73.6 cm³/mol. The summed E-state index contributed by atoms with van der Waals surface area (Å²) in [4.78, 5) is 27.8. The molecule has 2 amide bonds. The van der Waals surface area contributed by atoms with E-state index < -0.39 is 0 Å². The van der Waals surface area contributed by atoms with Gasteiger partial charge in [0.25, 0.3) is 0 Å². The van der Waals surface area contributed by atoms with Gasteiger partial charge in [-0.1, -0.05) is 13.8 Å². The fourth-order valence-corrected chi connectivity index (χ4v) is 2.42. The van der Waals surface area contributed by atoms with E-state index in [4.69, 9.17) is 0 Å². The van der Waals surface area contributed by atoms with Crippen molar-refractivity contribution in [2.45, 2.75) is 39.2 Å². The minimum absolute atomic E-state index is 0.0599. The SMILES string of the molecule is CC(C)C(=O)N1CCCN(CC(=O)NC2CC2)CC1. The average Bonchev–Trinajstić information content (AvgIpc) is 3.16. The standard InChI is InChI=1S/C14H25N3O2/c1-11(2)14(19)17-7-3-6-16(8-9-17)10-13(18)15-12-4-5-12/h11-12H,3-10H2,1-2H3,(H,15,18). The number of hydrogen-bond acceptors (Lipinski definition) is 3. The fourth-order valence-electron chi connectivity index (χ4n) is 2.42. The molecule has 0 radical (unpaired) electrons. The van der Waals surface area contributed by atoms with Crippen molar-refractivity contribution < 1.29 is 9.59 Å². The number of carbonyl (C=O) groups excluding carboxylic acids is 2. The summed E-state index contributed by atoms with van der Waals surface area (Å²) < 4.78 is 0. The summed E-state index contributed by atoms with van der Waals surface area (Å²) in [5, 5.41) is 3.01. The van der Waals surface area contributed by atoms with Crippen molar-refractivity contribution in [3.05, 3.63) is 0 Å². The summed E-state index contributed by atoms with van der Waals surface area (Å²) in [5.41, 5.74) is 0. The zero-order valence-electron chi connectivity index (χ0n) is 12.0. The van der Waals surface area contributed by atoms with Gasteiger partial charge in [-0.2, -0.15) is 0 Å². The second-order valence-corrected chi connectivity index (χ2v) is 5.95. The summed E-state index contributed by atoms with van der Waals surface area (Å²) in [7, 11) is 0. The molecule has 1 saturated heterocycles. The Hall–Kier alpha value is -1.10. The Kier molecular flexibility index (Phi) is 4.80. The van der Waals surface area contributed by atoms with Crippen molar-refractivity contribution >= 4 is 11.8 Å². The van der Waals surface area contributed by atoms with Crippen molar-refractivity contribution in [1.82, 2.24) is 15.1 Å². The largest absolute Gasteiger partial charge is 0.352 e. The molecule has 0 atom stereocenters. The van der Waals surface area contributed by atoms with Gasteiger partial charge in [0, 0.05) is 38.1 Å². The number of carbonyl (C=O) groups is 2. The van der Waals surface area contributed by atoms with E-state index >= 15 is 0 Å². The van der Waals surface area contributed by atoms with Gasteiger partial charge in [0.15, 0.2) is 0 Å². The Morgan fingerprint density at radius 1 is 1.16 bits per heavy atom. The van der Waals surface area contributed by atoms with Crippen LogP contribution >= 0.6 is 0 Å². The molecule has 0 aromatic heterocycles. The zero-order chi connectivity index (χ0) is 13.8. The normalized spacial score (nSPS) is 21.3. The van der Waals surface area contributed by atoms with Crippen molar-refractivity contribution in [3.8, 4) is 0 Å². The lowest BCUT2D eigenvalue weighted by Crippen LogP contribution is -2.41. The van der Waals surface area contributed by atoms with Crippen LogP contribution in [-0.4, -0.2) is 60.4 Å². The van der Waals surface area contributed by atoms with Gasteiger partial charge >= 0.3 is 0 Å². The second kappa shape index (κ2) is 6.37. The molecule has 108 valence electrons. The predicted octanol–water partition coefficient (Wildman–Crippen LogP) is 0.455. The van der Waals surface area contributed by atoms with E-state index in [1.165, 1.54) is 0 Å². The lowest BCUT2D eigenvalue weighted by atomic mass is 10.2. The molecule has 0 aromatic carbocycles. The number of amides is 2. The molecule has 2 rings (SSSR count). The third kappa shape index (κ3) is 4.49. The molecule has 2 aliphatic rings. The van der Waals surface area contributed by atoms with Crippen LogP contribution in [0.2, 0.25) is 0 Å². The first-order chi connectivity index (χ1) is 9.06. The quantitative estimate of drug-likeness (QED) is 0.805. The molecule has 19 heavy (non-hydrogen) atoms. The molecule has 2 fully saturated rings. The Labute approximate surface area is 115 Å². The van der Waals surface area contributed by atoms with Gasteiger partial charge in [-0.05, 0) is 19.3 Å². The van der Waals surface area contributed by atoms with E-state index in [0.29, 0.717) is 12.6 Å². The maximum Gasteiger partial charge on any atom is 0.234 e. The van der Waals surface area contributed by atoms with Crippen molar-refractivity contribution in [1.29, 1.82) is 0 Å². The minimum Gasteiger partial charge on any atom is -0.352 e. The van der Waals surface area contributed by atoms with Crippen LogP contribution in [0.4, 0.5) is 0 Å². The number of nitrogens with one attached hydrogen (secondary N) is 1.